The number of carbonyl (C=O) groups excluding carboxylic acids is 1. The van der Waals surface area contributed by atoms with Gasteiger partial charge in [0.25, 0.3) is 0 Å². The highest BCUT2D eigenvalue weighted by atomic mass is 19.4. The first kappa shape index (κ1) is 17.7. The molecule has 2 heterocycles. The highest BCUT2D eigenvalue weighted by molar-refractivity contribution is 5.77. The number of ether oxygens (including phenoxy) is 3. The number of amides is 1. The molecule has 2 aliphatic rings. The molecule has 1 fully saturated rings. The lowest BCUT2D eigenvalue weighted by Gasteiger charge is -2.36. The Balaban J connectivity index is 1.62. The van der Waals surface area contributed by atoms with Crippen LogP contribution in [0.25, 0.3) is 0 Å². The maximum absolute atomic E-state index is 12.3. The maximum Gasteiger partial charge on any atom is 0.397 e. The Labute approximate surface area is 142 Å². The number of fused-ring (bicyclic) bond motifs is 1. The van der Waals surface area contributed by atoms with E-state index in [9.17, 15) is 23.1 Å². The van der Waals surface area contributed by atoms with Gasteiger partial charge in [0, 0.05) is 13.0 Å². The third-order valence-corrected chi connectivity index (χ3v) is 4.03. The summed E-state index contributed by atoms with van der Waals surface area (Å²) in [7, 11) is 0. The van der Waals surface area contributed by atoms with E-state index in [0.29, 0.717) is 30.5 Å². The van der Waals surface area contributed by atoms with Crippen LogP contribution >= 0.6 is 0 Å². The second-order valence-corrected chi connectivity index (χ2v) is 5.92. The average Bonchev–Trinajstić information content (AvgIpc) is 2.55. The Morgan fingerprint density at radius 1 is 1.32 bits per heavy atom. The van der Waals surface area contributed by atoms with E-state index in [1.165, 1.54) is 0 Å². The number of aliphatic hydroxyl groups is 1. The van der Waals surface area contributed by atoms with Gasteiger partial charge in [0.1, 0.15) is 31.8 Å². The molecular weight excluding hydrogens is 343 g/mol. The Hall–Kier alpha value is -2.16. The monoisotopic (exact) mass is 361 g/mol. The molecule has 1 aromatic carbocycles. The molecule has 9 heteroatoms. The van der Waals surface area contributed by atoms with E-state index in [2.05, 4.69) is 0 Å². The second kappa shape index (κ2) is 6.99. The van der Waals surface area contributed by atoms with Crippen molar-refractivity contribution in [3.8, 4) is 17.2 Å². The van der Waals surface area contributed by atoms with Gasteiger partial charge in [0.15, 0.2) is 11.5 Å². The molecule has 0 spiro atoms. The Morgan fingerprint density at radius 3 is 2.80 bits per heavy atom. The first-order chi connectivity index (χ1) is 11.8. The highest BCUT2D eigenvalue weighted by Crippen LogP contribution is 2.40. The van der Waals surface area contributed by atoms with Crippen LogP contribution in [0.15, 0.2) is 18.2 Å². The highest BCUT2D eigenvalue weighted by Gasteiger charge is 2.37. The first-order valence-corrected chi connectivity index (χ1v) is 7.91. The number of alkyl halides is 3. The molecule has 2 atom stereocenters. The zero-order valence-electron chi connectivity index (χ0n) is 13.3. The molecular formula is C16H18F3NO5. The predicted molar refractivity (Wildman–Crippen MR) is 79.7 cm³/mol. The van der Waals surface area contributed by atoms with Crippen molar-refractivity contribution >= 4 is 5.91 Å². The lowest BCUT2D eigenvalue weighted by atomic mass is 10.0. The van der Waals surface area contributed by atoms with Gasteiger partial charge < -0.3 is 24.2 Å². The molecule has 138 valence electrons. The Morgan fingerprint density at radius 2 is 2.08 bits per heavy atom. The van der Waals surface area contributed by atoms with Crippen molar-refractivity contribution in [1.82, 2.24) is 4.90 Å². The summed E-state index contributed by atoms with van der Waals surface area (Å²) >= 11 is 0. The molecule has 25 heavy (non-hydrogen) atoms. The van der Waals surface area contributed by atoms with Crippen molar-refractivity contribution in [3.05, 3.63) is 18.2 Å². The van der Waals surface area contributed by atoms with Crippen LogP contribution in [-0.4, -0.2) is 60.6 Å². The average molecular weight is 361 g/mol. The minimum Gasteiger partial charge on any atom is -0.486 e. The van der Waals surface area contributed by atoms with Gasteiger partial charge in [-0.3, -0.25) is 4.79 Å². The molecule has 3 rings (SSSR count). The quantitative estimate of drug-likeness (QED) is 0.889. The van der Waals surface area contributed by atoms with Gasteiger partial charge in [0.05, 0.1) is 6.54 Å². The van der Waals surface area contributed by atoms with Crippen molar-refractivity contribution < 1.29 is 37.3 Å². The van der Waals surface area contributed by atoms with Crippen molar-refractivity contribution in [1.29, 1.82) is 0 Å². The number of nitrogens with zero attached hydrogens (tertiary/aromatic N) is 1. The van der Waals surface area contributed by atoms with E-state index < -0.39 is 30.7 Å². The predicted octanol–water partition coefficient (Wildman–Crippen LogP) is 1.75. The van der Waals surface area contributed by atoms with Gasteiger partial charge in [-0.2, -0.15) is 13.2 Å². The Bertz CT molecular complexity index is 637. The van der Waals surface area contributed by atoms with E-state index >= 15 is 0 Å². The number of rotatable bonds is 3. The van der Waals surface area contributed by atoms with Crippen molar-refractivity contribution in [2.75, 3.05) is 26.3 Å². The van der Waals surface area contributed by atoms with E-state index in [1.54, 1.807) is 18.2 Å². The third kappa shape index (κ3) is 4.28. The molecule has 2 aliphatic heterocycles. The lowest BCUT2D eigenvalue weighted by molar-refractivity contribution is -0.165. The minimum absolute atomic E-state index is 0.0863. The fourth-order valence-electron chi connectivity index (χ4n) is 2.86. The van der Waals surface area contributed by atoms with E-state index in [-0.39, 0.29) is 19.5 Å². The topological polar surface area (TPSA) is 68.2 Å². The largest absolute Gasteiger partial charge is 0.486 e. The van der Waals surface area contributed by atoms with Crippen molar-refractivity contribution in [2.45, 2.75) is 31.2 Å². The van der Waals surface area contributed by atoms with Crippen LogP contribution in [0.1, 0.15) is 12.8 Å². The molecule has 0 saturated carbocycles. The van der Waals surface area contributed by atoms with E-state index in [1.807, 2.05) is 0 Å². The van der Waals surface area contributed by atoms with Crippen LogP contribution in [0.3, 0.4) is 0 Å². The van der Waals surface area contributed by atoms with Crippen LogP contribution in [0.4, 0.5) is 13.2 Å². The van der Waals surface area contributed by atoms with Crippen LogP contribution < -0.4 is 14.2 Å². The fraction of sp³-hybridized carbons (Fsp3) is 0.562. The summed E-state index contributed by atoms with van der Waals surface area (Å²) in [4.78, 5) is 12.6. The third-order valence-electron chi connectivity index (χ3n) is 4.03. The molecule has 0 radical (unpaired) electrons. The normalized spacial score (nSPS) is 23.3. The first-order valence-electron chi connectivity index (χ1n) is 7.91. The van der Waals surface area contributed by atoms with Gasteiger partial charge in [-0.15, -0.1) is 0 Å². The fourth-order valence-corrected chi connectivity index (χ4v) is 2.86. The standard InChI is InChI=1S/C16H18F3NO5/c17-16(18,19)8-14(22)20-5-4-11(10(21)9-20)25-13-3-1-2-12-15(13)24-7-6-23-12/h1-3,10-11,21H,4-9H2/t10-,11-/m1/s1. The molecule has 1 aromatic rings. The van der Waals surface area contributed by atoms with Crippen LogP contribution in [0.5, 0.6) is 17.2 Å². The molecule has 1 N–H and O–H groups in total. The molecule has 0 unspecified atom stereocenters. The molecule has 0 aromatic heterocycles. The number of likely N-dealkylation sites (tertiary alicyclic amines) is 1. The Kier molecular flexibility index (Phi) is 4.94. The number of hydrogen-bond acceptors (Lipinski definition) is 5. The van der Waals surface area contributed by atoms with Crippen molar-refractivity contribution in [3.63, 3.8) is 0 Å². The summed E-state index contributed by atoms with van der Waals surface area (Å²) in [5.41, 5.74) is 0. The number of β-amino-alcohol motifs (C(OH)–C–C–N with tert-alkyl or cyclic N) is 1. The van der Waals surface area contributed by atoms with E-state index in [0.717, 1.165) is 4.90 Å². The lowest BCUT2D eigenvalue weighted by Crippen LogP contribution is -2.51. The molecule has 0 aliphatic carbocycles. The van der Waals surface area contributed by atoms with Gasteiger partial charge in [-0.25, -0.2) is 0 Å². The summed E-state index contributed by atoms with van der Waals surface area (Å²) in [6.07, 6.45) is -7.61. The number of para-hydroxylation sites is 1. The number of aliphatic hydroxyl groups excluding tert-OH is 1. The number of carbonyl (C=O) groups is 1. The van der Waals surface area contributed by atoms with Gasteiger partial charge >= 0.3 is 6.18 Å². The van der Waals surface area contributed by atoms with Crippen LogP contribution in [0.2, 0.25) is 0 Å². The second-order valence-electron chi connectivity index (χ2n) is 5.92. The van der Waals surface area contributed by atoms with Gasteiger partial charge in [-0.05, 0) is 12.1 Å². The summed E-state index contributed by atoms with van der Waals surface area (Å²) in [6, 6.07) is 5.12. The van der Waals surface area contributed by atoms with E-state index in [4.69, 9.17) is 14.2 Å². The van der Waals surface area contributed by atoms with Crippen molar-refractivity contribution in [2.24, 2.45) is 0 Å². The summed E-state index contributed by atoms with van der Waals surface area (Å²) in [5.74, 6) is 0.336. The minimum atomic E-state index is -4.56. The number of halogens is 3. The summed E-state index contributed by atoms with van der Waals surface area (Å²) in [5, 5.41) is 10.2. The summed E-state index contributed by atoms with van der Waals surface area (Å²) in [6.45, 7) is 0.689. The SMILES string of the molecule is O=C(CC(F)(F)F)N1CC[C@@H](Oc2cccc3c2OCCO3)[C@H](O)C1. The smallest absolute Gasteiger partial charge is 0.397 e. The van der Waals surface area contributed by atoms with Crippen LogP contribution in [-0.2, 0) is 4.79 Å². The molecule has 1 amide bonds. The summed E-state index contributed by atoms with van der Waals surface area (Å²) < 4.78 is 53.7. The zero-order valence-corrected chi connectivity index (χ0v) is 13.3. The maximum atomic E-state index is 12.3. The number of piperidine rings is 1. The number of benzene rings is 1. The van der Waals surface area contributed by atoms with Crippen LogP contribution in [0, 0.1) is 0 Å². The number of hydrogen-bond donors (Lipinski definition) is 1. The molecule has 6 nitrogen and oxygen atoms in total. The molecule has 1 saturated heterocycles. The van der Waals surface area contributed by atoms with Gasteiger partial charge in [-0.1, -0.05) is 6.07 Å². The van der Waals surface area contributed by atoms with Gasteiger partial charge in [0.2, 0.25) is 11.7 Å². The zero-order chi connectivity index (χ0) is 18.0. The molecule has 0 bridgehead atoms.